The van der Waals surface area contributed by atoms with Crippen molar-refractivity contribution in [2.45, 2.75) is 31.3 Å². The largest absolute Gasteiger partial charge is 0.338 e. The SMILES string of the molecule is NC1CCN(C2CC2)C1=O. The molecule has 1 aliphatic heterocycles. The molecule has 0 aromatic carbocycles. The standard InChI is InChI=1S/C7H12N2O/c8-6-3-4-9(7(6)10)5-1-2-5/h5-6H,1-4,8H2. The first-order valence-corrected chi connectivity index (χ1v) is 3.85. The third-order valence-electron chi connectivity index (χ3n) is 2.27. The Morgan fingerprint density at radius 1 is 1.40 bits per heavy atom. The Morgan fingerprint density at radius 3 is 2.50 bits per heavy atom. The maximum Gasteiger partial charge on any atom is 0.239 e. The summed E-state index contributed by atoms with van der Waals surface area (Å²) in [6.45, 7) is 0.894. The van der Waals surface area contributed by atoms with Crippen molar-refractivity contribution in [1.82, 2.24) is 4.90 Å². The van der Waals surface area contributed by atoms with Crippen molar-refractivity contribution in [2.75, 3.05) is 6.54 Å². The molecule has 56 valence electrons. The Labute approximate surface area is 60.2 Å². The number of nitrogens with zero attached hydrogens (tertiary/aromatic N) is 1. The highest BCUT2D eigenvalue weighted by molar-refractivity contribution is 5.84. The predicted molar refractivity (Wildman–Crippen MR) is 37.3 cm³/mol. The zero-order valence-corrected chi connectivity index (χ0v) is 5.92. The molecule has 2 rings (SSSR count). The van der Waals surface area contributed by atoms with E-state index in [9.17, 15) is 4.79 Å². The molecule has 1 unspecified atom stereocenters. The molecule has 1 saturated carbocycles. The van der Waals surface area contributed by atoms with Crippen molar-refractivity contribution in [1.29, 1.82) is 0 Å². The van der Waals surface area contributed by atoms with Crippen molar-refractivity contribution in [2.24, 2.45) is 5.73 Å². The predicted octanol–water partition coefficient (Wildman–Crippen LogP) is -0.292. The lowest BCUT2D eigenvalue weighted by Gasteiger charge is -2.13. The summed E-state index contributed by atoms with van der Waals surface area (Å²) in [5, 5.41) is 0. The molecule has 0 radical (unpaired) electrons. The van der Waals surface area contributed by atoms with Crippen LogP contribution in [0.1, 0.15) is 19.3 Å². The zero-order chi connectivity index (χ0) is 7.14. The second-order valence-corrected chi connectivity index (χ2v) is 3.16. The summed E-state index contributed by atoms with van der Waals surface area (Å²) in [6, 6.07) is 0.363. The Morgan fingerprint density at radius 2 is 2.10 bits per heavy atom. The number of amides is 1. The Hall–Kier alpha value is -0.570. The average molecular weight is 140 g/mol. The number of hydrogen-bond donors (Lipinski definition) is 1. The first kappa shape index (κ1) is 6.16. The number of hydrogen-bond acceptors (Lipinski definition) is 2. The number of likely N-dealkylation sites (tertiary alicyclic amines) is 1. The molecule has 1 aliphatic carbocycles. The topological polar surface area (TPSA) is 46.3 Å². The first-order chi connectivity index (χ1) is 4.79. The van der Waals surface area contributed by atoms with Gasteiger partial charge in [0.1, 0.15) is 0 Å². The summed E-state index contributed by atoms with van der Waals surface area (Å²) < 4.78 is 0. The molecule has 2 N–H and O–H groups in total. The van der Waals surface area contributed by atoms with Crippen molar-refractivity contribution in [3.63, 3.8) is 0 Å². The highest BCUT2D eigenvalue weighted by atomic mass is 16.2. The van der Waals surface area contributed by atoms with Gasteiger partial charge in [0.2, 0.25) is 5.91 Å². The van der Waals surface area contributed by atoms with E-state index in [1.54, 1.807) is 0 Å². The van der Waals surface area contributed by atoms with Crippen LogP contribution in [-0.4, -0.2) is 29.4 Å². The van der Waals surface area contributed by atoms with Gasteiger partial charge >= 0.3 is 0 Å². The molecule has 1 amide bonds. The third kappa shape index (κ3) is 0.814. The van der Waals surface area contributed by atoms with Gasteiger partial charge in [-0.2, -0.15) is 0 Å². The monoisotopic (exact) mass is 140 g/mol. The molecule has 1 heterocycles. The van der Waals surface area contributed by atoms with Gasteiger partial charge < -0.3 is 10.6 Å². The molecular weight excluding hydrogens is 128 g/mol. The van der Waals surface area contributed by atoms with E-state index in [0.29, 0.717) is 6.04 Å². The second kappa shape index (κ2) is 1.95. The summed E-state index contributed by atoms with van der Waals surface area (Å²) in [5.41, 5.74) is 5.54. The molecular formula is C7H12N2O. The number of rotatable bonds is 1. The maximum absolute atomic E-state index is 11.2. The lowest BCUT2D eigenvalue weighted by Crippen LogP contribution is -2.35. The van der Waals surface area contributed by atoms with Gasteiger partial charge in [-0.15, -0.1) is 0 Å². The normalized spacial score (nSPS) is 33.5. The van der Waals surface area contributed by atoms with Gasteiger partial charge in [-0.3, -0.25) is 4.79 Å². The first-order valence-electron chi connectivity index (χ1n) is 3.85. The maximum atomic E-state index is 11.2. The molecule has 0 aromatic rings. The molecule has 3 nitrogen and oxygen atoms in total. The molecule has 1 atom stereocenters. The van der Waals surface area contributed by atoms with Crippen molar-refractivity contribution >= 4 is 5.91 Å². The molecule has 2 aliphatic rings. The molecule has 10 heavy (non-hydrogen) atoms. The van der Waals surface area contributed by atoms with Crippen LogP contribution >= 0.6 is 0 Å². The second-order valence-electron chi connectivity index (χ2n) is 3.16. The fraction of sp³-hybridized carbons (Fsp3) is 0.857. The lowest BCUT2D eigenvalue weighted by atomic mass is 10.3. The van der Waals surface area contributed by atoms with Crippen LogP contribution in [0.3, 0.4) is 0 Å². The van der Waals surface area contributed by atoms with Gasteiger partial charge in [0.25, 0.3) is 0 Å². The van der Waals surface area contributed by atoms with E-state index in [1.165, 1.54) is 12.8 Å². The lowest BCUT2D eigenvalue weighted by molar-refractivity contribution is -0.129. The van der Waals surface area contributed by atoms with E-state index in [2.05, 4.69) is 0 Å². The number of carbonyl (C=O) groups is 1. The van der Waals surface area contributed by atoms with E-state index in [1.807, 2.05) is 4.90 Å². The Bertz CT molecular complexity index is 165. The zero-order valence-electron chi connectivity index (χ0n) is 5.92. The fourth-order valence-electron chi connectivity index (χ4n) is 1.47. The molecule has 3 heteroatoms. The quantitative estimate of drug-likeness (QED) is 0.544. The minimum absolute atomic E-state index is 0.169. The molecule has 1 saturated heterocycles. The Balaban J connectivity index is 2.03. The van der Waals surface area contributed by atoms with E-state index in [0.717, 1.165) is 13.0 Å². The minimum Gasteiger partial charge on any atom is -0.338 e. The van der Waals surface area contributed by atoms with E-state index in [-0.39, 0.29) is 11.9 Å². The van der Waals surface area contributed by atoms with Gasteiger partial charge in [-0.25, -0.2) is 0 Å². The smallest absolute Gasteiger partial charge is 0.239 e. The van der Waals surface area contributed by atoms with Crippen molar-refractivity contribution in [3.05, 3.63) is 0 Å². The average Bonchev–Trinajstić information content (AvgIpc) is 2.67. The number of carbonyl (C=O) groups excluding carboxylic acids is 1. The van der Waals surface area contributed by atoms with Gasteiger partial charge in [0.15, 0.2) is 0 Å². The summed E-state index contributed by atoms with van der Waals surface area (Å²) in [4.78, 5) is 13.1. The van der Waals surface area contributed by atoms with Crippen molar-refractivity contribution in [3.8, 4) is 0 Å². The summed E-state index contributed by atoms with van der Waals surface area (Å²) in [6.07, 6.45) is 3.24. The van der Waals surface area contributed by atoms with Crippen LogP contribution in [-0.2, 0) is 4.79 Å². The molecule has 0 spiro atoms. The highest BCUT2D eigenvalue weighted by Gasteiger charge is 2.38. The van der Waals surface area contributed by atoms with Crippen LogP contribution in [0.25, 0.3) is 0 Å². The van der Waals surface area contributed by atoms with E-state index in [4.69, 9.17) is 5.73 Å². The van der Waals surface area contributed by atoms with Crippen LogP contribution in [0.2, 0.25) is 0 Å². The molecule has 2 fully saturated rings. The van der Waals surface area contributed by atoms with Crippen LogP contribution < -0.4 is 5.73 Å². The van der Waals surface area contributed by atoms with Crippen LogP contribution in [0, 0.1) is 0 Å². The van der Waals surface area contributed by atoms with Crippen LogP contribution in [0.4, 0.5) is 0 Å². The molecule has 0 bridgehead atoms. The highest BCUT2D eigenvalue weighted by Crippen LogP contribution is 2.29. The summed E-state index contributed by atoms with van der Waals surface area (Å²) in [7, 11) is 0. The van der Waals surface area contributed by atoms with E-state index >= 15 is 0 Å². The Kier molecular flexibility index (Phi) is 1.20. The van der Waals surface area contributed by atoms with Crippen LogP contribution in [0.5, 0.6) is 0 Å². The molecule has 0 aromatic heterocycles. The third-order valence-corrected chi connectivity index (χ3v) is 2.27. The summed E-state index contributed by atoms with van der Waals surface area (Å²) >= 11 is 0. The minimum atomic E-state index is -0.194. The van der Waals surface area contributed by atoms with Gasteiger partial charge in [0, 0.05) is 12.6 Å². The van der Waals surface area contributed by atoms with Crippen molar-refractivity contribution < 1.29 is 4.79 Å². The van der Waals surface area contributed by atoms with Crippen LogP contribution in [0.15, 0.2) is 0 Å². The van der Waals surface area contributed by atoms with E-state index < -0.39 is 0 Å². The fourth-order valence-corrected chi connectivity index (χ4v) is 1.47. The van der Waals surface area contributed by atoms with Gasteiger partial charge in [0.05, 0.1) is 6.04 Å². The van der Waals surface area contributed by atoms with Gasteiger partial charge in [-0.1, -0.05) is 0 Å². The number of nitrogens with two attached hydrogens (primary N) is 1. The van der Waals surface area contributed by atoms with Gasteiger partial charge in [-0.05, 0) is 19.3 Å². The summed E-state index contributed by atoms with van der Waals surface area (Å²) in [5.74, 6) is 0.169.